The Balaban J connectivity index is 1.22. The van der Waals surface area contributed by atoms with E-state index in [1.165, 1.54) is 17.7 Å². The first-order chi connectivity index (χ1) is 15.1. The summed E-state index contributed by atoms with van der Waals surface area (Å²) in [6.45, 7) is 4.83. The number of imidazole rings is 1. The van der Waals surface area contributed by atoms with Crippen LogP contribution in [0.25, 0.3) is 11.0 Å². The molecule has 1 saturated heterocycles. The molecule has 2 aliphatic rings. The first-order valence-electron chi connectivity index (χ1n) is 10.8. The maximum atomic E-state index is 12.3. The molecule has 1 fully saturated rings. The Hall–Kier alpha value is -2.61. The monoisotopic (exact) mass is 441 g/mol. The first kappa shape index (κ1) is 20.3. The standard InChI is InChI=1S/C23H25ClN4O3/c24-16-3-6-18(7-4-16)31-15-23(29)25-17-5-8-21-20(12-17)26-22-14-27(9-10-28(21)22)13-19-2-1-11-30-19/h3-8,12,19H,1-2,9-11,13-15H2,(H,25,29)/p+1/t19-/m1/s1. The third-order valence-corrected chi connectivity index (χ3v) is 6.18. The van der Waals surface area contributed by atoms with E-state index in [2.05, 4.69) is 9.88 Å². The summed E-state index contributed by atoms with van der Waals surface area (Å²) in [5, 5.41) is 3.52. The highest BCUT2D eigenvalue weighted by molar-refractivity contribution is 6.30. The van der Waals surface area contributed by atoms with Crippen molar-refractivity contribution in [2.24, 2.45) is 0 Å². The van der Waals surface area contributed by atoms with Crippen molar-refractivity contribution >= 4 is 34.2 Å². The van der Waals surface area contributed by atoms with Crippen molar-refractivity contribution in [2.75, 3.05) is 31.6 Å². The van der Waals surface area contributed by atoms with Crippen molar-refractivity contribution in [3.8, 4) is 5.75 Å². The lowest BCUT2D eigenvalue weighted by Crippen LogP contribution is -3.13. The number of nitrogens with one attached hydrogen (secondary N) is 2. The normalized spacial score (nSPS) is 20.5. The fourth-order valence-electron chi connectivity index (χ4n) is 4.40. The van der Waals surface area contributed by atoms with Crippen LogP contribution in [0.4, 0.5) is 5.69 Å². The van der Waals surface area contributed by atoms with Gasteiger partial charge in [0.1, 0.15) is 24.9 Å². The highest BCUT2D eigenvalue weighted by atomic mass is 35.5. The van der Waals surface area contributed by atoms with E-state index in [9.17, 15) is 4.79 Å². The smallest absolute Gasteiger partial charge is 0.262 e. The number of quaternary nitrogens is 1. The highest BCUT2D eigenvalue weighted by Gasteiger charge is 2.27. The highest BCUT2D eigenvalue weighted by Crippen LogP contribution is 2.22. The van der Waals surface area contributed by atoms with Crippen molar-refractivity contribution in [1.29, 1.82) is 0 Å². The fraction of sp³-hybridized carbons (Fsp3) is 0.391. The number of fused-ring (bicyclic) bond motifs is 3. The molecule has 1 aromatic heterocycles. The molecule has 1 unspecified atom stereocenters. The van der Waals surface area contributed by atoms with Crippen LogP contribution >= 0.6 is 11.6 Å². The van der Waals surface area contributed by atoms with Gasteiger partial charge >= 0.3 is 0 Å². The molecule has 31 heavy (non-hydrogen) atoms. The van der Waals surface area contributed by atoms with Gasteiger partial charge in [0.15, 0.2) is 12.4 Å². The van der Waals surface area contributed by atoms with Crippen LogP contribution in [0.5, 0.6) is 5.75 Å². The fourth-order valence-corrected chi connectivity index (χ4v) is 4.53. The average molecular weight is 442 g/mol. The number of hydrogen-bond acceptors (Lipinski definition) is 4. The molecular weight excluding hydrogens is 416 g/mol. The maximum Gasteiger partial charge on any atom is 0.262 e. The molecule has 3 heterocycles. The summed E-state index contributed by atoms with van der Waals surface area (Å²) in [5.41, 5.74) is 2.74. The van der Waals surface area contributed by atoms with E-state index in [0.717, 1.165) is 55.3 Å². The molecule has 2 aromatic carbocycles. The molecule has 0 saturated carbocycles. The van der Waals surface area contributed by atoms with Gasteiger partial charge in [-0.05, 0) is 55.3 Å². The number of carbonyl (C=O) groups is 1. The molecule has 7 nitrogen and oxygen atoms in total. The summed E-state index contributed by atoms with van der Waals surface area (Å²) < 4.78 is 13.6. The second-order valence-electron chi connectivity index (χ2n) is 8.19. The molecule has 0 spiro atoms. The van der Waals surface area contributed by atoms with Crippen molar-refractivity contribution in [3.05, 3.63) is 53.3 Å². The molecule has 5 rings (SSSR count). The summed E-state index contributed by atoms with van der Waals surface area (Å²) in [6.07, 6.45) is 2.74. The number of hydrogen-bond donors (Lipinski definition) is 2. The summed E-state index contributed by atoms with van der Waals surface area (Å²) >= 11 is 5.86. The van der Waals surface area contributed by atoms with E-state index in [-0.39, 0.29) is 12.5 Å². The molecule has 2 N–H and O–H groups in total. The summed E-state index contributed by atoms with van der Waals surface area (Å²) in [4.78, 5) is 18.7. The van der Waals surface area contributed by atoms with E-state index in [4.69, 9.17) is 26.1 Å². The van der Waals surface area contributed by atoms with Gasteiger partial charge in [-0.2, -0.15) is 0 Å². The Labute approximate surface area is 185 Å². The second-order valence-corrected chi connectivity index (χ2v) is 8.63. The average Bonchev–Trinajstić information content (AvgIpc) is 3.40. The van der Waals surface area contributed by atoms with Crippen LogP contribution in [0.15, 0.2) is 42.5 Å². The van der Waals surface area contributed by atoms with Crippen LogP contribution in [0.1, 0.15) is 18.7 Å². The van der Waals surface area contributed by atoms with Crippen molar-refractivity contribution in [3.63, 3.8) is 0 Å². The van der Waals surface area contributed by atoms with Gasteiger partial charge in [-0.15, -0.1) is 0 Å². The van der Waals surface area contributed by atoms with Gasteiger partial charge in [-0.3, -0.25) is 4.79 Å². The number of amides is 1. The van der Waals surface area contributed by atoms with Crippen LogP contribution in [0, 0.1) is 0 Å². The number of aromatic nitrogens is 2. The van der Waals surface area contributed by atoms with Crippen LogP contribution in [0.3, 0.4) is 0 Å². The van der Waals surface area contributed by atoms with Crippen molar-refractivity contribution in [1.82, 2.24) is 9.55 Å². The molecule has 0 bridgehead atoms. The van der Waals surface area contributed by atoms with Gasteiger partial charge in [0.05, 0.1) is 24.1 Å². The summed E-state index contributed by atoms with van der Waals surface area (Å²) in [6, 6.07) is 12.8. The zero-order chi connectivity index (χ0) is 21.2. The molecule has 8 heteroatoms. The van der Waals surface area contributed by atoms with Gasteiger partial charge in [0.25, 0.3) is 5.91 Å². The zero-order valence-corrected chi connectivity index (χ0v) is 18.0. The second kappa shape index (κ2) is 8.86. The van der Waals surface area contributed by atoms with E-state index in [1.807, 2.05) is 18.2 Å². The predicted octanol–water partition coefficient (Wildman–Crippen LogP) is 2.28. The lowest BCUT2D eigenvalue weighted by atomic mass is 10.2. The Morgan fingerprint density at radius 3 is 2.97 bits per heavy atom. The number of ether oxygens (including phenoxy) is 2. The Morgan fingerprint density at radius 2 is 2.16 bits per heavy atom. The minimum atomic E-state index is -0.217. The number of nitrogens with zero attached hydrogens (tertiary/aromatic N) is 2. The molecule has 2 aliphatic heterocycles. The lowest BCUT2D eigenvalue weighted by Gasteiger charge is -2.26. The summed E-state index contributed by atoms with van der Waals surface area (Å²) in [5.74, 6) is 1.49. The predicted molar refractivity (Wildman–Crippen MR) is 119 cm³/mol. The third-order valence-electron chi connectivity index (χ3n) is 5.93. The topological polar surface area (TPSA) is 69.8 Å². The van der Waals surface area contributed by atoms with Gasteiger partial charge in [0, 0.05) is 17.3 Å². The van der Waals surface area contributed by atoms with E-state index >= 15 is 0 Å². The van der Waals surface area contributed by atoms with E-state index in [0.29, 0.717) is 16.9 Å². The molecule has 0 radical (unpaired) electrons. The number of rotatable bonds is 6. The number of halogens is 1. The molecular formula is C23H26ClN4O3+. The minimum absolute atomic E-state index is 0.0685. The Morgan fingerprint density at radius 1 is 1.29 bits per heavy atom. The third kappa shape index (κ3) is 4.69. The zero-order valence-electron chi connectivity index (χ0n) is 17.3. The molecule has 2 atom stereocenters. The van der Waals surface area contributed by atoms with Crippen molar-refractivity contribution in [2.45, 2.75) is 32.0 Å². The van der Waals surface area contributed by atoms with E-state index < -0.39 is 0 Å². The van der Waals surface area contributed by atoms with Gasteiger partial charge in [-0.1, -0.05) is 11.6 Å². The van der Waals surface area contributed by atoms with Crippen molar-refractivity contribution < 1.29 is 19.2 Å². The number of carbonyl (C=O) groups excluding carboxylic acids is 1. The van der Waals surface area contributed by atoms with Gasteiger partial charge in [0.2, 0.25) is 0 Å². The minimum Gasteiger partial charge on any atom is -0.484 e. The van der Waals surface area contributed by atoms with Crippen LogP contribution in [-0.4, -0.2) is 47.9 Å². The van der Waals surface area contributed by atoms with Crippen LogP contribution in [-0.2, 0) is 22.6 Å². The maximum absolute atomic E-state index is 12.3. The number of anilines is 1. The van der Waals surface area contributed by atoms with Crippen LogP contribution < -0.4 is 15.0 Å². The number of benzene rings is 2. The quantitative estimate of drug-likeness (QED) is 0.615. The lowest BCUT2D eigenvalue weighted by molar-refractivity contribution is -0.921. The Kier molecular flexibility index (Phi) is 5.80. The summed E-state index contributed by atoms with van der Waals surface area (Å²) in [7, 11) is 0. The van der Waals surface area contributed by atoms with E-state index in [1.54, 1.807) is 24.3 Å². The first-order valence-corrected chi connectivity index (χ1v) is 11.1. The van der Waals surface area contributed by atoms with Crippen LogP contribution in [0.2, 0.25) is 5.02 Å². The molecule has 3 aromatic rings. The SMILES string of the molecule is O=C(COc1ccc(Cl)cc1)Nc1ccc2c(c1)nc1n2CC[NH+](C[C@H]2CCCO2)C1. The molecule has 0 aliphatic carbocycles. The largest absolute Gasteiger partial charge is 0.484 e. The molecule has 162 valence electrons. The Bertz CT molecular complexity index is 1080. The van der Waals surface area contributed by atoms with Gasteiger partial charge in [-0.25, -0.2) is 4.98 Å². The molecule has 1 amide bonds. The van der Waals surface area contributed by atoms with Gasteiger partial charge < -0.3 is 24.3 Å².